The standard InChI is InChI=1S/C18H21N5O3/c1-18(2,3)26-17(24)22-8-9-23-15(11-22)20-21-16(23)12-25-14-6-4-13(10-19)5-7-14/h4-7H,8-9,11-12H2,1-3H3. The molecule has 0 saturated carbocycles. The summed E-state index contributed by atoms with van der Waals surface area (Å²) in [5.74, 6) is 2.07. The monoisotopic (exact) mass is 355 g/mol. The van der Waals surface area contributed by atoms with Crippen molar-refractivity contribution in [3.05, 3.63) is 41.5 Å². The number of aromatic nitrogens is 3. The van der Waals surface area contributed by atoms with E-state index in [0.717, 1.165) is 0 Å². The van der Waals surface area contributed by atoms with Crippen molar-refractivity contribution in [2.45, 2.75) is 46.1 Å². The van der Waals surface area contributed by atoms with Gasteiger partial charge in [0, 0.05) is 13.1 Å². The van der Waals surface area contributed by atoms with Gasteiger partial charge < -0.3 is 14.0 Å². The molecule has 2 aromatic rings. The maximum Gasteiger partial charge on any atom is 0.410 e. The molecule has 0 aliphatic carbocycles. The molecule has 26 heavy (non-hydrogen) atoms. The zero-order valence-corrected chi connectivity index (χ0v) is 15.1. The van der Waals surface area contributed by atoms with Gasteiger partial charge in [0.05, 0.1) is 18.2 Å². The first-order chi connectivity index (χ1) is 12.4. The number of carbonyl (C=O) groups excluding carboxylic acids is 1. The molecule has 0 atom stereocenters. The topological polar surface area (TPSA) is 93.3 Å². The summed E-state index contributed by atoms with van der Waals surface area (Å²) >= 11 is 0. The SMILES string of the molecule is CC(C)(C)OC(=O)N1CCn2c(COc3ccc(C#N)cc3)nnc2C1. The molecule has 0 unspecified atom stereocenters. The number of nitrogens with zero attached hydrogens (tertiary/aromatic N) is 5. The van der Waals surface area contributed by atoms with Crippen molar-refractivity contribution in [1.29, 1.82) is 5.26 Å². The Balaban J connectivity index is 1.62. The van der Waals surface area contributed by atoms with Gasteiger partial charge in [0.1, 0.15) is 18.0 Å². The lowest BCUT2D eigenvalue weighted by Gasteiger charge is -2.30. The fourth-order valence-electron chi connectivity index (χ4n) is 2.58. The fourth-order valence-corrected chi connectivity index (χ4v) is 2.58. The highest BCUT2D eigenvalue weighted by Gasteiger charge is 2.28. The zero-order valence-electron chi connectivity index (χ0n) is 15.1. The highest BCUT2D eigenvalue weighted by molar-refractivity contribution is 5.68. The Morgan fingerprint density at radius 2 is 1.96 bits per heavy atom. The Kier molecular flexibility index (Phi) is 4.80. The maximum absolute atomic E-state index is 12.2. The average Bonchev–Trinajstić information content (AvgIpc) is 3.01. The van der Waals surface area contributed by atoms with Gasteiger partial charge in [-0.3, -0.25) is 4.90 Å². The highest BCUT2D eigenvalue weighted by atomic mass is 16.6. The van der Waals surface area contributed by atoms with Gasteiger partial charge >= 0.3 is 6.09 Å². The summed E-state index contributed by atoms with van der Waals surface area (Å²) in [5.41, 5.74) is 0.0573. The molecule has 0 N–H and O–H groups in total. The summed E-state index contributed by atoms with van der Waals surface area (Å²) in [6.07, 6.45) is -0.345. The van der Waals surface area contributed by atoms with E-state index in [1.165, 1.54) is 0 Å². The zero-order chi connectivity index (χ0) is 18.7. The van der Waals surface area contributed by atoms with Crippen molar-refractivity contribution < 1.29 is 14.3 Å². The molecule has 0 bridgehead atoms. The van der Waals surface area contributed by atoms with Crippen LogP contribution in [0.4, 0.5) is 4.79 Å². The summed E-state index contributed by atoms with van der Waals surface area (Å²) in [7, 11) is 0. The largest absolute Gasteiger partial charge is 0.486 e. The van der Waals surface area contributed by atoms with Gasteiger partial charge in [-0.25, -0.2) is 4.79 Å². The average molecular weight is 355 g/mol. The molecule has 8 heteroatoms. The molecule has 1 aromatic heterocycles. The van der Waals surface area contributed by atoms with Crippen LogP contribution in [0.3, 0.4) is 0 Å². The first-order valence-corrected chi connectivity index (χ1v) is 8.37. The lowest BCUT2D eigenvalue weighted by molar-refractivity contribution is 0.0193. The minimum Gasteiger partial charge on any atom is -0.486 e. The van der Waals surface area contributed by atoms with E-state index in [1.54, 1.807) is 29.2 Å². The molecule has 0 radical (unpaired) electrons. The Bertz CT molecular complexity index is 830. The van der Waals surface area contributed by atoms with E-state index in [0.29, 0.717) is 42.6 Å². The Hall–Kier alpha value is -3.08. The van der Waals surface area contributed by atoms with Crippen molar-refractivity contribution in [3.8, 4) is 11.8 Å². The smallest absolute Gasteiger partial charge is 0.410 e. The number of ether oxygens (including phenoxy) is 2. The predicted octanol–water partition coefficient (Wildman–Crippen LogP) is 2.48. The van der Waals surface area contributed by atoms with Crippen molar-refractivity contribution in [2.24, 2.45) is 0 Å². The quantitative estimate of drug-likeness (QED) is 0.840. The number of nitriles is 1. The van der Waals surface area contributed by atoms with E-state index in [4.69, 9.17) is 14.7 Å². The van der Waals surface area contributed by atoms with E-state index < -0.39 is 5.60 Å². The predicted molar refractivity (Wildman–Crippen MR) is 92.2 cm³/mol. The van der Waals surface area contributed by atoms with Crippen LogP contribution in [-0.2, 0) is 24.4 Å². The number of fused-ring (bicyclic) bond motifs is 1. The van der Waals surface area contributed by atoms with Gasteiger partial charge in [-0.05, 0) is 45.0 Å². The molecule has 1 amide bonds. The third kappa shape index (κ3) is 4.11. The molecule has 0 saturated heterocycles. The number of carbonyl (C=O) groups is 1. The van der Waals surface area contributed by atoms with Crippen molar-refractivity contribution in [3.63, 3.8) is 0 Å². The molecule has 136 valence electrons. The third-order valence-corrected chi connectivity index (χ3v) is 3.83. The van der Waals surface area contributed by atoms with Crippen LogP contribution < -0.4 is 4.74 Å². The van der Waals surface area contributed by atoms with Crippen molar-refractivity contribution >= 4 is 6.09 Å². The van der Waals surface area contributed by atoms with Gasteiger partial charge in [-0.15, -0.1) is 10.2 Å². The van der Waals surface area contributed by atoms with E-state index >= 15 is 0 Å². The van der Waals surface area contributed by atoms with Crippen LogP contribution in [0.15, 0.2) is 24.3 Å². The second kappa shape index (κ2) is 7.04. The van der Waals surface area contributed by atoms with Gasteiger partial charge in [0.25, 0.3) is 0 Å². The van der Waals surface area contributed by atoms with Crippen LogP contribution in [0.2, 0.25) is 0 Å². The fraction of sp³-hybridized carbons (Fsp3) is 0.444. The van der Waals surface area contributed by atoms with Crippen LogP contribution in [-0.4, -0.2) is 37.9 Å². The molecular weight excluding hydrogens is 334 g/mol. The second-order valence-corrected chi connectivity index (χ2v) is 7.01. The van der Waals surface area contributed by atoms with Crippen molar-refractivity contribution in [2.75, 3.05) is 6.54 Å². The molecule has 0 fully saturated rings. The Labute approximate surface area is 151 Å². The summed E-state index contributed by atoms with van der Waals surface area (Å²) in [6.45, 7) is 7.28. The summed E-state index contributed by atoms with van der Waals surface area (Å²) in [6, 6.07) is 8.96. The minimum absolute atomic E-state index is 0.269. The van der Waals surface area contributed by atoms with E-state index in [-0.39, 0.29) is 12.7 Å². The van der Waals surface area contributed by atoms with Crippen LogP contribution in [0, 0.1) is 11.3 Å². The van der Waals surface area contributed by atoms with E-state index in [2.05, 4.69) is 16.3 Å². The Morgan fingerprint density at radius 1 is 1.23 bits per heavy atom. The van der Waals surface area contributed by atoms with Crippen LogP contribution in [0.25, 0.3) is 0 Å². The minimum atomic E-state index is -0.525. The third-order valence-electron chi connectivity index (χ3n) is 3.83. The molecule has 1 aliphatic rings. The molecule has 3 rings (SSSR count). The lowest BCUT2D eigenvalue weighted by atomic mass is 10.2. The van der Waals surface area contributed by atoms with Crippen LogP contribution in [0.1, 0.15) is 38.0 Å². The van der Waals surface area contributed by atoms with Gasteiger partial charge in [-0.1, -0.05) is 0 Å². The van der Waals surface area contributed by atoms with Crippen LogP contribution in [0.5, 0.6) is 5.75 Å². The van der Waals surface area contributed by atoms with Crippen molar-refractivity contribution in [1.82, 2.24) is 19.7 Å². The molecule has 1 aliphatic heterocycles. The Morgan fingerprint density at radius 3 is 2.62 bits per heavy atom. The molecular formula is C18H21N5O3. The molecule has 8 nitrogen and oxygen atoms in total. The van der Waals surface area contributed by atoms with E-state index in [9.17, 15) is 4.79 Å². The summed E-state index contributed by atoms with van der Waals surface area (Å²) in [5, 5.41) is 17.2. The first-order valence-electron chi connectivity index (χ1n) is 8.37. The number of benzene rings is 1. The van der Waals surface area contributed by atoms with E-state index in [1.807, 2.05) is 25.3 Å². The van der Waals surface area contributed by atoms with Crippen LogP contribution >= 0.6 is 0 Å². The number of hydrogen-bond donors (Lipinski definition) is 0. The maximum atomic E-state index is 12.2. The number of rotatable bonds is 3. The summed E-state index contributed by atoms with van der Waals surface area (Å²) < 4.78 is 13.1. The summed E-state index contributed by atoms with van der Waals surface area (Å²) in [4.78, 5) is 13.8. The second-order valence-electron chi connectivity index (χ2n) is 7.01. The highest BCUT2D eigenvalue weighted by Crippen LogP contribution is 2.18. The number of amides is 1. The lowest BCUT2D eigenvalue weighted by Crippen LogP contribution is -2.41. The molecule has 1 aromatic carbocycles. The molecule has 2 heterocycles. The molecule has 0 spiro atoms. The van der Waals surface area contributed by atoms with Gasteiger partial charge in [-0.2, -0.15) is 5.26 Å². The normalized spacial score (nSPS) is 13.7. The first kappa shape index (κ1) is 17.7. The van der Waals surface area contributed by atoms with Gasteiger partial charge in [0.15, 0.2) is 11.6 Å². The van der Waals surface area contributed by atoms with Gasteiger partial charge in [0.2, 0.25) is 0 Å². The number of hydrogen-bond acceptors (Lipinski definition) is 6.